The molecule has 1 unspecified atom stereocenters. The number of hydrogen-bond acceptors (Lipinski definition) is 4. The highest BCUT2D eigenvalue weighted by atomic mass is 16.5. The third-order valence-electron chi connectivity index (χ3n) is 5.09. The number of rotatable bonds is 9. The van der Waals surface area contributed by atoms with Gasteiger partial charge in [-0.2, -0.15) is 0 Å². The second-order valence-corrected chi connectivity index (χ2v) is 8.38. The number of aliphatic imine (C=N–C) groups is 1. The van der Waals surface area contributed by atoms with Crippen LogP contribution in [0.1, 0.15) is 67.4 Å². The summed E-state index contributed by atoms with van der Waals surface area (Å²) in [6, 6.07) is 7.61. The van der Waals surface area contributed by atoms with Gasteiger partial charge in [-0.15, -0.1) is 0 Å². The topological polar surface area (TPSA) is 68.1 Å². The maximum atomic E-state index is 12.4. The molecule has 0 saturated carbocycles. The Hall–Kier alpha value is -2.66. The molecule has 0 saturated heterocycles. The maximum Gasteiger partial charge on any atom is 0.337 e. The van der Waals surface area contributed by atoms with Crippen molar-refractivity contribution in [3.63, 3.8) is 0 Å². The first kappa shape index (κ1) is 26.4. The summed E-state index contributed by atoms with van der Waals surface area (Å²) in [6.07, 6.45) is 3.25. The third-order valence-corrected chi connectivity index (χ3v) is 5.09. The van der Waals surface area contributed by atoms with Gasteiger partial charge in [-0.3, -0.25) is 4.99 Å². The number of carbonyl (C=O) groups is 1. The lowest BCUT2D eigenvalue weighted by atomic mass is 9.87. The summed E-state index contributed by atoms with van der Waals surface area (Å²) in [5.41, 5.74) is 4.73. The molecule has 5 heteroatoms. The number of carboxylic acids is 1. The Balaban J connectivity index is 3.84. The van der Waals surface area contributed by atoms with E-state index in [4.69, 9.17) is 9.47 Å². The number of ether oxygens (including phenoxy) is 2. The molecule has 5 nitrogen and oxygen atoms in total. The molecular weight excluding hydrogens is 390 g/mol. The first-order valence-corrected chi connectivity index (χ1v) is 10.6. The number of carboxylic acid groups (broad SMARTS) is 1. The summed E-state index contributed by atoms with van der Waals surface area (Å²) < 4.78 is 11.3. The zero-order chi connectivity index (χ0) is 23.8. The van der Waals surface area contributed by atoms with Crippen LogP contribution in [-0.4, -0.2) is 36.1 Å². The van der Waals surface area contributed by atoms with E-state index >= 15 is 0 Å². The van der Waals surface area contributed by atoms with Crippen LogP contribution in [0.3, 0.4) is 0 Å². The molecule has 0 aromatic heterocycles. The van der Waals surface area contributed by atoms with Crippen molar-refractivity contribution in [1.29, 1.82) is 0 Å². The number of nitrogens with zero attached hydrogens (tertiary/aromatic N) is 1. The van der Waals surface area contributed by atoms with E-state index in [1.807, 2.05) is 78.9 Å². The smallest absolute Gasteiger partial charge is 0.337 e. The van der Waals surface area contributed by atoms with Gasteiger partial charge in [0.15, 0.2) is 6.10 Å². The van der Waals surface area contributed by atoms with Gasteiger partial charge in [0.2, 0.25) is 0 Å². The molecule has 0 radical (unpaired) electrons. The monoisotopic (exact) mass is 427 g/mol. The van der Waals surface area contributed by atoms with Crippen LogP contribution in [0, 0.1) is 0 Å². The molecule has 1 N–H and O–H groups in total. The molecule has 1 aromatic rings. The van der Waals surface area contributed by atoms with Crippen molar-refractivity contribution in [2.75, 3.05) is 7.11 Å². The van der Waals surface area contributed by atoms with E-state index in [0.717, 1.165) is 40.0 Å². The summed E-state index contributed by atoms with van der Waals surface area (Å²) in [5, 5.41) is 10.1. The summed E-state index contributed by atoms with van der Waals surface area (Å²) in [7, 11) is 1.62. The van der Waals surface area contributed by atoms with Gasteiger partial charge in [0.25, 0.3) is 0 Å². The molecule has 1 atom stereocenters. The lowest BCUT2D eigenvalue weighted by Gasteiger charge is -2.29. The average Bonchev–Trinajstić information content (AvgIpc) is 2.72. The Labute approximate surface area is 187 Å². The molecule has 0 fully saturated rings. The average molecular weight is 428 g/mol. The maximum absolute atomic E-state index is 12.4. The van der Waals surface area contributed by atoms with E-state index < -0.39 is 17.7 Å². The van der Waals surface area contributed by atoms with Gasteiger partial charge in [-0.25, -0.2) is 4.79 Å². The molecule has 31 heavy (non-hydrogen) atoms. The van der Waals surface area contributed by atoms with Crippen molar-refractivity contribution in [2.24, 2.45) is 4.99 Å². The molecule has 0 aliphatic rings. The molecule has 0 aliphatic carbocycles. The first-order valence-electron chi connectivity index (χ1n) is 10.6. The summed E-state index contributed by atoms with van der Waals surface area (Å²) in [5.74, 6) is -0.269. The number of methoxy groups -OCH3 is 1. The highest BCUT2D eigenvalue weighted by molar-refractivity contribution is 5.85. The Morgan fingerprint density at radius 3 is 2.13 bits per heavy atom. The second-order valence-electron chi connectivity index (χ2n) is 8.38. The number of hydrogen-bond donors (Lipinski definition) is 1. The van der Waals surface area contributed by atoms with Crippen LogP contribution in [0.15, 0.2) is 57.8 Å². The Bertz CT molecular complexity index is 881. The third kappa shape index (κ3) is 7.51. The lowest BCUT2D eigenvalue weighted by molar-refractivity contribution is -0.155. The largest absolute Gasteiger partial charge is 0.497 e. The quantitative estimate of drug-likeness (QED) is 0.363. The molecule has 1 aromatic carbocycles. The SMILES string of the molecule is CC=NC=C(CC)C(C)=C(C)C(=C(C)c1ccc(OC)cc1)C(OC(C)(C)C)C(=O)O. The fourth-order valence-corrected chi connectivity index (χ4v) is 3.32. The molecule has 0 heterocycles. The highest BCUT2D eigenvalue weighted by Gasteiger charge is 2.31. The number of aliphatic carboxylic acids is 1. The minimum Gasteiger partial charge on any atom is -0.497 e. The second kappa shape index (κ2) is 11.7. The van der Waals surface area contributed by atoms with Gasteiger partial charge in [-0.05, 0) is 100 Å². The van der Waals surface area contributed by atoms with Crippen molar-refractivity contribution in [3.8, 4) is 5.75 Å². The fraction of sp³-hybridized carbons (Fsp3) is 0.462. The van der Waals surface area contributed by atoms with Crippen LogP contribution in [-0.2, 0) is 9.53 Å². The normalized spacial score (nSPS) is 15.5. The standard InChI is InChI=1S/C26H37NO4/c1-10-20(16-27-11-2)17(3)18(4)23(24(25(28)29)31-26(6,7)8)19(5)21-12-14-22(30-9)15-13-21/h11-16,24H,10H2,1-9H3,(H,28,29). The predicted octanol–water partition coefficient (Wildman–Crippen LogP) is 6.46. The van der Waals surface area contributed by atoms with Crippen molar-refractivity contribution >= 4 is 17.8 Å². The van der Waals surface area contributed by atoms with E-state index in [2.05, 4.69) is 11.9 Å². The van der Waals surface area contributed by atoms with Crippen LogP contribution in [0.5, 0.6) is 5.75 Å². The minimum atomic E-state index is -1.11. The zero-order valence-electron chi connectivity index (χ0n) is 20.4. The number of benzene rings is 1. The van der Waals surface area contributed by atoms with E-state index in [9.17, 15) is 9.90 Å². The highest BCUT2D eigenvalue weighted by Crippen LogP contribution is 2.34. The predicted molar refractivity (Wildman–Crippen MR) is 129 cm³/mol. The van der Waals surface area contributed by atoms with E-state index in [-0.39, 0.29) is 0 Å². The van der Waals surface area contributed by atoms with Crippen LogP contribution >= 0.6 is 0 Å². The van der Waals surface area contributed by atoms with Gasteiger partial charge in [0.05, 0.1) is 12.7 Å². The van der Waals surface area contributed by atoms with Gasteiger partial charge >= 0.3 is 5.97 Å². The van der Waals surface area contributed by atoms with Crippen molar-refractivity contribution in [2.45, 2.75) is 73.5 Å². The van der Waals surface area contributed by atoms with Gasteiger partial charge in [0, 0.05) is 12.4 Å². The van der Waals surface area contributed by atoms with Crippen molar-refractivity contribution < 1.29 is 19.4 Å². The zero-order valence-corrected chi connectivity index (χ0v) is 20.4. The van der Waals surface area contributed by atoms with Crippen LogP contribution in [0.2, 0.25) is 0 Å². The van der Waals surface area contributed by atoms with Gasteiger partial charge in [-0.1, -0.05) is 19.1 Å². The van der Waals surface area contributed by atoms with E-state index in [0.29, 0.717) is 5.57 Å². The Morgan fingerprint density at radius 1 is 1.13 bits per heavy atom. The summed E-state index contributed by atoms with van der Waals surface area (Å²) >= 11 is 0. The van der Waals surface area contributed by atoms with Crippen molar-refractivity contribution in [1.82, 2.24) is 0 Å². The fourth-order valence-electron chi connectivity index (χ4n) is 3.32. The lowest BCUT2D eigenvalue weighted by Crippen LogP contribution is -2.35. The molecule has 0 spiro atoms. The first-order chi connectivity index (χ1) is 14.5. The van der Waals surface area contributed by atoms with Gasteiger partial charge in [0.1, 0.15) is 5.75 Å². The van der Waals surface area contributed by atoms with E-state index in [1.54, 1.807) is 13.3 Å². The van der Waals surface area contributed by atoms with E-state index in [1.165, 1.54) is 0 Å². The molecule has 0 aliphatic heterocycles. The van der Waals surface area contributed by atoms with Crippen LogP contribution in [0.4, 0.5) is 0 Å². The van der Waals surface area contributed by atoms with Crippen molar-refractivity contribution in [3.05, 3.63) is 58.3 Å². The number of allylic oxidation sites excluding steroid dienone is 3. The molecule has 1 rings (SSSR count). The van der Waals surface area contributed by atoms with Gasteiger partial charge < -0.3 is 14.6 Å². The van der Waals surface area contributed by atoms with Crippen LogP contribution < -0.4 is 4.74 Å². The summed E-state index contributed by atoms with van der Waals surface area (Å²) in [4.78, 5) is 16.6. The molecule has 170 valence electrons. The Morgan fingerprint density at radius 2 is 1.71 bits per heavy atom. The van der Waals surface area contributed by atoms with Crippen LogP contribution in [0.25, 0.3) is 5.57 Å². The minimum absolute atomic E-state index is 0.626. The Kier molecular flexibility index (Phi) is 9.92. The molecule has 0 amide bonds. The summed E-state index contributed by atoms with van der Waals surface area (Å²) in [6.45, 7) is 15.4. The molecule has 0 bridgehead atoms. The molecular formula is C26H37NO4.